The Balaban J connectivity index is 2.03. The van der Waals surface area contributed by atoms with Gasteiger partial charge in [-0.2, -0.15) is 0 Å². The Hall–Kier alpha value is -2.57. The van der Waals surface area contributed by atoms with Crippen molar-refractivity contribution in [1.29, 1.82) is 0 Å². The first-order valence-corrected chi connectivity index (χ1v) is 8.74. The highest BCUT2D eigenvalue weighted by molar-refractivity contribution is 6.36. The Bertz CT molecular complexity index is 841. The third-order valence-corrected chi connectivity index (χ3v) is 4.13. The highest BCUT2D eigenvalue weighted by Crippen LogP contribution is 2.21. The fourth-order valence-electron chi connectivity index (χ4n) is 2.22. The predicted octanol–water partition coefficient (Wildman–Crippen LogP) is 3.10. The maximum absolute atomic E-state index is 12.3. The maximum Gasteiger partial charge on any atom is 0.326 e. The summed E-state index contributed by atoms with van der Waals surface area (Å²) in [7, 11) is 3.13. The summed E-state index contributed by atoms with van der Waals surface area (Å²) in [5.74, 6) is -1.69. The SMILES string of the molecule is CN(C)C(=O)[C@H](OC(=O)CNC(=O)c1ccc(Cl)cc1Cl)c1ccccc1. The number of likely N-dealkylation sites (N-methyl/N-ethyl adjacent to an activating group) is 1. The zero-order valence-corrected chi connectivity index (χ0v) is 16.3. The van der Waals surface area contributed by atoms with Crippen molar-refractivity contribution >= 4 is 41.0 Å². The van der Waals surface area contributed by atoms with Gasteiger partial charge in [0.05, 0.1) is 10.6 Å². The largest absolute Gasteiger partial charge is 0.446 e. The molecule has 2 amide bonds. The van der Waals surface area contributed by atoms with E-state index in [4.69, 9.17) is 27.9 Å². The summed E-state index contributed by atoms with van der Waals surface area (Å²) in [5.41, 5.74) is 0.717. The van der Waals surface area contributed by atoms with Gasteiger partial charge < -0.3 is 15.0 Å². The van der Waals surface area contributed by atoms with Crippen LogP contribution in [0.4, 0.5) is 0 Å². The standard InChI is InChI=1S/C19H18Cl2N2O4/c1-23(2)19(26)17(12-6-4-3-5-7-12)27-16(24)11-22-18(25)14-9-8-13(20)10-15(14)21/h3-10,17H,11H2,1-2H3,(H,22,25)/t17-/m1/s1. The first-order chi connectivity index (χ1) is 12.8. The highest BCUT2D eigenvalue weighted by Gasteiger charge is 2.26. The molecule has 2 rings (SSSR count). The van der Waals surface area contributed by atoms with E-state index in [-0.39, 0.29) is 16.5 Å². The van der Waals surface area contributed by atoms with Crippen molar-refractivity contribution in [2.45, 2.75) is 6.10 Å². The predicted molar refractivity (Wildman–Crippen MR) is 103 cm³/mol. The van der Waals surface area contributed by atoms with Crippen LogP contribution in [0.3, 0.4) is 0 Å². The van der Waals surface area contributed by atoms with Crippen molar-refractivity contribution in [3.8, 4) is 0 Å². The molecule has 0 saturated carbocycles. The van der Waals surface area contributed by atoms with Crippen LogP contribution in [0.5, 0.6) is 0 Å². The third kappa shape index (κ3) is 5.70. The summed E-state index contributed by atoms with van der Waals surface area (Å²) in [5, 5.41) is 2.98. The number of nitrogens with one attached hydrogen (secondary N) is 1. The second-order valence-electron chi connectivity index (χ2n) is 5.82. The van der Waals surface area contributed by atoms with Crippen molar-refractivity contribution in [2.24, 2.45) is 0 Å². The number of carbonyl (C=O) groups is 3. The zero-order valence-electron chi connectivity index (χ0n) is 14.7. The van der Waals surface area contributed by atoms with Crippen LogP contribution >= 0.6 is 23.2 Å². The van der Waals surface area contributed by atoms with Crippen molar-refractivity contribution in [3.05, 3.63) is 69.7 Å². The van der Waals surface area contributed by atoms with Gasteiger partial charge in [-0.05, 0) is 18.2 Å². The van der Waals surface area contributed by atoms with E-state index >= 15 is 0 Å². The highest BCUT2D eigenvalue weighted by atomic mass is 35.5. The summed E-state index contributed by atoms with van der Waals surface area (Å²) in [4.78, 5) is 38.0. The summed E-state index contributed by atoms with van der Waals surface area (Å²) in [6.45, 7) is -0.415. The van der Waals surface area contributed by atoms with Crippen LogP contribution in [-0.2, 0) is 14.3 Å². The van der Waals surface area contributed by atoms with E-state index in [1.54, 1.807) is 44.4 Å². The molecule has 0 aromatic heterocycles. The van der Waals surface area contributed by atoms with Gasteiger partial charge in [-0.3, -0.25) is 14.4 Å². The number of ether oxygens (including phenoxy) is 1. The summed E-state index contributed by atoms with van der Waals surface area (Å²) >= 11 is 11.8. The molecule has 1 atom stereocenters. The molecule has 0 fully saturated rings. The van der Waals surface area contributed by atoms with Crippen molar-refractivity contribution < 1.29 is 19.1 Å². The van der Waals surface area contributed by atoms with E-state index in [9.17, 15) is 14.4 Å². The first kappa shape index (κ1) is 20.7. The van der Waals surface area contributed by atoms with E-state index in [1.165, 1.54) is 23.1 Å². The third-order valence-electron chi connectivity index (χ3n) is 3.59. The average Bonchev–Trinajstić information content (AvgIpc) is 2.64. The van der Waals surface area contributed by atoms with Gasteiger partial charge in [0, 0.05) is 24.7 Å². The van der Waals surface area contributed by atoms with Crippen LogP contribution in [0.15, 0.2) is 48.5 Å². The lowest BCUT2D eigenvalue weighted by molar-refractivity contribution is -0.158. The number of carbonyl (C=O) groups excluding carboxylic acids is 3. The molecule has 2 aromatic carbocycles. The monoisotopic (exact) mass is 408 g/mol. The maximum atomic E-state index is 12.3. The fourth-order valence-corrected chi connectivity index (χ4v) is 2.71. The second kappa shape index (κ2) is 9.39. The van der Waals surface area contributed by atoms with Crippen LogP contribution in [-0.4, -0.2) is 43.3 Å². The molecular weight excluding hydrogens is 391 g/mol. The van der Waals surface area contributed by atoms with Gasteiger partial charge in [-0.15, -0.1) is 0 Å². The van der Waals surface area contributed by atoms with Gasteiger partial charge in [0.1, 0.15) is 6.54 Å². The van der Waals surface area contributed by atoms with Crippen LogP contribution in [0, 0.1) is 0 Å². The summed E-state index contributed by atoms with van der Waals surface area (Å²) in [6, 6.07) is 13.0. The van der Waals surface area contributed by atoms with E-state index in [1.807, 2.05) is 0 Å². The van der Waals surface area contributed by atoms with Crippen molar-refractivity contribution in [1.82, 2.24) is 10.2 Å². The molecule has 0 heterocycles. The lowest BCUT2D eigenvalue weighted by Crippen LogP contribution is -2.35. The number of amides is 2. The van der Waals surface area contributed by atoms with Gasteiger partial charge in [0.25, 0.3) is 11.8 Å². The topological polar surface area (TPSA) is 75.7 Å². The van der Waals surface area contributed by atoms with Crippen LogP contribution in [0.1, 0.15) is 22.0 Å². The van der Waals surface area contributed by atoms with Gasteiger partial charge in [0.15, 0.2) is 0 Å². The second-order valence-corrected chi connectivity index (χ2v) is 6.66. The number of hydrogen-bond acceptors (Lipinski definition) is 4. The molecule has 1 N–H and O–H groups in total. The summed E-state index contributed by atoms with van der Waals surface area (Å²) in [6.07, 6.45) is -1.09. The number of halogens is 2. The van der Waals surface area contributed by atoms with Crippen molar-refractivity contribution in [3.63, 3.8) is 0 Å². The molecule has 0 saturated heterocycles. The Morgan fingerprint density at radius 2 is 1.74 bits per heavy atom. The Kier molecular flexibility index (Phi) is 7.21. The van der Waals surface area contributed by atoms with Gasteiger partial charge in [-0.25, -0.2) is 0 Å². The fraction of sp³-hybridized carbons (Fsp3) is 0.211. The molecule has 0 radical (unpaired) electrons. The molecular formula is C19H18Cl2N2O4. The minimum absolute atomic E-state index is 0.165. The minimum atomic E-state index is -1.09. The lowest BCUT2D eigenvalue weighted by Gasteiger charge is -2.21. The Labute approximate surface area is 167 Å². The summed E-state index contributed by atoms with van der Waals surface area (Å²) < 4.78 is 5.30. The Morgan fingerprint density at radius 1 is 1.07 bits per heavy atom. The molecule has 0 aliphatic heterocycles. The number of esters is 1. The van der Waals surface area contributed by atoms with E-state index in [0.717, 1.165) is 0 Å². The quantitative estimate of drug-likeness (QED) is 0.745. The zero-order chi connectivity index (χ0) is 20.0. The average molecular weight is 409 g/mol. The van der Waals surface area contributed by atoms with Gasteiger partial charge in [-0.1, -0.05) is 53.5 Å². The van der Waals surface area contributed by atoms with E-state index in [2.05, 4.69) is 5.32 Å². The van der Waals surface area contributed by atoms with Gasteiger partial charge in [0.2, 0.25) is 6.10 Å². The van der Waals surface area contributed by atoms with Crippen LogP contribution < -0.4 is 5.32 Å². The number of rotatable bonds is 6. The van der Waals surface area contributed by atoms with E-state index < -0.39 is 24.5 Å². The smallest absolute Gasteiger partial charge is 0.326 e. The van der Waals surface area contributed by atoms with Gasteiger partial charge >= 0.3 is 5.97 Å². The molecule has 0 unspecified atom stereocenters. The Morgan fingerprint density at radius 3 is 2.33 bits per heavy atom. The molecule has 142 valence electrons. The first-order valence-electron chi connectivity index (χ1n) is 7.98. The lowest BCUT2D eigenvalue weighted by atomic mass is 10.1. The van der Waals surface area contributed by atoms with Crippen LogP contribution in [0.2, 0.25) is 10.0 Å². The number of benzene rings is 2. The van der Waals surface area contributed by atoms with Crippen molar-refractivity contribution in [2.75, 3.05) is 20.6 Å². The molecule has 0 spiro atoms. The molecule has 0 aliphatic carbocycles. The molecule has 8 heteroatoms. The normalized spacial score (nSPS) is 11.4. The number of hydrogen-bond donors (Lipinski definition) is 1. The molecule has 2 aromatic rings. The number of nitrogens with zero attached hydrogens (tertiary/aromatic N) is 1. The molecule has 27 heavy (non-hydrogen) atoms. The van der Waals surface area contributed by atoms with Crippen LogP contribution in [0.25, 0.3) is 0 Å². The van der Waals surface area contributed by atoms with E-state index in [0.29, 0.717) is 10.6 Å². The molecule has 0 aliphatic rings. The molecule has 6 nitrogen and oxygen atoms in total. The molecule has 0 bridgehead atoms. The minimum Gasteiger partial charge on any atom is -0.446 e.